The number of hydrogen-bond donors (Lipinski definition) is 1. The molecule has 1 atom stereocenters. The number of piperidine rings is 1. The largest absolute Gasteiger partial charge is 0.341 e. The van der Waals surface area contributed by atoms with Crippen LogP contribution in [-0.4, -0.2) is 54.0 Å². The molecule has 1 aliphatic carbocycles. The molecule has 2 heterocycles. The Labute approximate surface area is 166 Å². The van der Waals surface area contributed by atoms with Crippen LogP contribution in [0.2, 0.25) is 0 Å². The van der Waals surface area contributed by atoms with E-state index >= 15 is 0 Å². The van der Waals surface area contributed by atoms with E-state index in [-0.39, 0.29) is 30.7 Å². The fraction of sp³-hybridized carbons (Fsp3) is 0.947. The average molecular weight is 394 g/mol. The number of nitrogens with zero attached hydrogens (tertiary/aromatic N) is 2. The minimum Gasteiger partial charge on any atom is -0.341 e. The van der Waals surface area contributed by atoms with Crippen LogP contribution in [0.1, 0.15) is 70.6 Å². The van der Waals surface area contributed by atoms with Gasteiger partial charge in [0.2, 0.25) is 5.91 Å². The molecule has 0 bridgehead atoms. The summed E-state index contributed by atoms with van der Waals surface area (Å²) in [5, 5.41) is 0. The molecule has 2 N–H and O–H groups in total. The Hall–Kier alpha value is -0.0300. The van der Waals surface area contributed by atoms with Gasteiger partial charge in [-0.3, -0.25) is 4.79 Å². The van der Waals surface area contributed by atoms with E-state index in [4.69, 9.17) is 5.73 Å². The van der Waals surface area contributed by atoms with Crippen molar-refractivity contribution in [3.05, 3.63) is 0 Å². The first-order valence-corrected chi connectivity index (χ1v) is 9.98. The number of hydrogen-bond acceptors (Lipinski definition) is 3. The van der Waals surface area contributed by atoms with Crippen LogP contribution in [-0.2, 0) is 4.79 Å². The SMILES string of the molecule is Cl.Cl.NC1(C(=O)N2CCCC(CN3CCCCCC3)C2)CCCCC1. The molecule has 3 aliphatic rings. The third kappa shape index (κ3) is 6.27. The number of halogens is 2. The van der Waals surface area contributed by atoms with Gasteiger partial charge in [0, 0.05) is 19.6 Å². The van der Waals surface area contributed by atoms with E-state index < -0.39 is 5.54 Å². The lowest BCUT2D eigenvalue weighted by atomic mass is 9.81. The number of rotatable bonds is 3. The van der Waals surface area contributed by atoms with Gasteiger partial charge < -0.3 is 15.5 Å². The molecule has 148 valence electrons. The highest BCUT2D eigenvalue weighted by molar-refractivity contribution is 5.86. The normalized spacial score (nSPS) is 27.6. The molecule has 1 amide bonds. The summed E-state index contributed by atoms with van der Waals surface area (Å²) >= 11 is 0. The molecule has 0 aromatic carbocycles. The quantitative estimate of drug-likeness (QED) is 0.796. The lowest BCUT2D eigenvalue weighted by molar-refractivity contribution is -0.140. The highest BCUT2D eigenvalue weighted by Crippen LogP contribution is 2.29. The van der Waals surface area contributed by atoms with Crippen molar-refractivity contribution in [3.63, 3.8) is 0 Å². The molecule has 1 unspecified atom stereocenters. The predicted molar refractivity (Wildman–Crippen MR) is 109 cm³/mol. The maximum atomic E-state index is 13.0. The van der Waals surface area contributed by atoms with Crippen LogP contribution in [0.5, 0.6) is 0 Å². The lowest BCUT2D eigenvalue weighted by Gasteiger charge is -2.41. The van der Waals surface area contributed by atoms with Crippen LogP contribution in [0.4, 0.5) is 0 Å². The molecule has 0 radical (unpaired) electrons. The van der Waals surface area contributed by atoms with Gasteiger partial charge in [-0.1, -0.05) is 32.1 Å². The van der Waals surface area contributed by atoms with E-state index in [0.717, 1.165) is 45.2 Å². The zero-order valence-corrected chi connectivity index (χ0v) is 17.2. The second kappa shape index (κ2) is 11.0. The maximum absolute atomic E-state index is 13.0. The van der Waals surface area contributed by atoms with E-state index in [9.17, 15) is 4.79 Å². The number of carbonyl (C=O) groups excluding carboxylic acids is 1. The Morgan fingerprint density at radius 2 is 1.48 bits per heavy atom. The topological polar surface area (TPSA) is 49.6 Å². The van der Waals surface area contributed by atoms with Crippen LogP contribution in [0, 0.1) is 5.92 Å². The summed E-state index contributed by atoms with van der Waals surface area (Å²) in [6, 6.07) is 0. The third-order valence-electron chi connectivity index (χ3n) is 6.19. The summed E-state index contributed by atoms with van der Waals surface area (Å²) in [6.45, 7) is 5.56. The standard InChI is InChI=1S/C19H35N3O.2ClH/c20-19(10-4-3-5-11-19)18(23)22-14-8-9-17(16-22)15-21-12-6-1-2-7-13-21;;/h17H,1-16,20H2;2*1H. The molecule has 0 aromatic rings. The molecule has 0 spiro atoms. The first-order chi connectivity index (χ1) is 11.2. The monoisotopic (exact) mass is 393 g/mol. The van der Waals surface area contributed by atoms with Crippen LogP contribution < -0.4 is 5.73 Å². The number of carbonyl (C=O) groups is 1. The van der Waals surface area contributed by atoms with Gasteiger partial charge >= 0.3 is 0 Å². The summed E-state index contributed by atoms with van der Waals surface area (Å²) in [4.78, 5) is 17.7. The van der Waals surface area contributed by atoms with Gasteiger partial charge in [-0.25, -0.2) is 0 Å². The fourth-order valence-electron chi connectivity index (χ4n) is 4.79. The van der Waals surface area contributed by atoms with E-state index in [0.29, 0.717) is 5.92 Å². The number of likely N-dealkylation sites (tertiary alicyclic amines) is 2. The Balaban J connectivity index is 0.00000156. The minimum absolute atomic E-state index is 0. The second-order valence-corrected chi connectivity index (χ2v) is 8.19. The van der Waals surface area contributed by atoms with E-state index in [1.54, 1.807) is 0 Å². The van der Waals surface area contributed by atoms with Crippen molar-refractivity contribution in [1.29, 1.82) is 0 Å². The van der Waals surface area contributed by atoms with Crippen molar-refractivity contribution in [3.8, 4) is 0 Å². The zero-order chi connectivity index (χ0) is 16.1. The van der Waals surface area contributed by atoms with Crippen LogP contribution >= 0.6 is 24.8 Å². The van der Waals surface area contributed by atoms with Crippen LogP contribution in [0.3, 0.4) is 0 Å². The molecule has 25 heavy (non-hydrogen) atoms. The Kier molecular flexibility index (Phi) is 10.1. The molecule has 6 heteroatoms. The highest BCUT2D eigenvalue weighted by atomic mass is 35.5. The Morgan fingerprint density at radius 3 is 2.12 bits per heavy atom. The summed E-state index contributed by atoms with van der Waals surface area (Å²) < 4.78 is 0. The molecule has 4 nitrogen and oxygen atoms in total. The molecular formula is C19H37Cl2N3O. The van der Waals surface area contributed by atoms with Gasteiger partial charge in [-0.05, 0) is 57.5 Å². The van der Waals surface area contributed by atoms with Gasteiger partial charge in [0.25, 0.3) is 0 Å². The molecule has 0 aromatic heterocycles. The van der Waals surface area contributed by atoms with Crippen molar-refractivity contribution >= 4 is 30.7 Å². The molecule has 3 rings (SSSR count). The lowest BCUT2D eigenvalue weighted by Crippen LogP contribution is -2.58. The summed E-state index contributed by atoms with van der Waals surface area (Å²) in [7, 11) is 0. The molecule has 1 saturated carbocycles. The number of nitrogens with two attached hydrogens (primary N) is 1. The highest BCUT2D eigenvalue weighted by Gasteiger charge is 2.39. The maximum Gasteiger partial charge on any atom is 0.242 e. The van der Waals surface area contributed by atoms with Gasteiger partial charge in [0.1, 0.15) is 0 Å². The van der Waals surface area contributed by atoms with Crippen molar-refractivity contribution in [2.45, 2.75) is 76.2 Å². The average Bonchev–Trinajstić information content (AvgIpc) is 2.84. The molecule has 2 aliphatic heterocycles. The molecular weight excluding hydrogens is 357 g/mol. The summed E-state index contributed by atoms with van der Waals surface area (Å²) in [5.74, 6) is 0.899. The summed E-state index contributed by atoms with van der Waals surface area (Å²) in [5.41, 5.74) is 5.93. The van der Waals surface area contributed by atoms with Crippen LogP contribution in [0.15, 0.2) is 0 Å². The van der Waals surface area contributed by atoms with E-state index in [2.05, 4.69) is 9.80 Å². The Morgan fingerprint density at radius 1 is 0.880 bits per heavy atom. The smallest absolute Gasteiger partial charge is 0.242 e. The first kappa shape index (κ1) is 23.0. The number of amides is 1. The second-order valence-electron chi connectivity index (χ2n) is 8.19. The Bertz CT molecular complexity index is 394. The minimum atomic E-state index is -0.553. The zero-order valence-electron chi connectivity index (χ0n) is 15.6. The van der Waals surface area contributed by atoms with Crippen molar-refractivity contribution in [1.82, 2.24) is 9.80 Å². The van der Waals surface area contributed by atoms with Gasteiger partial charge in [0.05, 0.1) is 5.54 Å². The van der Waals surface area contributed by atoms with Gasteiger partial charge in [0.15, 0.2) is 0 Å². The predicted octanol–water partition coefficient (Wildman–Crippen LogP) is 3.61. The third-order valence-corrected chi connectivity index (χ3v) is 6.19. The molecule has 2 saturated heterocycles. The van der Waals surface area contributed by atoms with Crippen molar-refractivity contribution in [2.75, 3.05) is 32.7 Å². The molecule has 3 fully saturated rings. The van der Waals surface area contributed by atoms with Crippen LogP contribution in [0.25, 0.3) is 0 Å². The van der Waals surface area contributed by atoms with Crippen molar-refractivity contribution < 1.29 is 4.79 Å². The first-order valence-electron chi connectivity index (χ1n) is 9.98. The van der Waals surface area contributed by atoms with Gasteiger partial charge in [-0.2, -0.15) is 0 Å². The summed E-state index contributed by atoms with van der Waals surface area (Å²) in [6.07, 6.45) is 13.2. The van der Waals surface area contributed by atoms with E-state index in [1.165, 1.54) is 58.2 Å². The van der Waals surface area contributed by atoms with Crippen molar-refractivity contribution in [2.24, 2.45) is 11.7 Å². The van der Waals surface area contributed by atoms with Gasteiger partial charge in [-0.15, -0.1) is 24.8 Å². The fourth-order valence-corrected chi connectivity index (χ4v) is 4.79. The van der Waals surface area contributed by atoms with E-state index in [1.807, 2.05) is 0 Å².